The zero-order valence-corrected chi connectivity index (χ0v) is 14.0. The molecular formula is C17H25NO4. The molecule has 1 aromatic carbocycles. The van der Waals surface area contributed by atoms with Gasteiger partial charge in [-0.3, -0.25) is 4.79 Å². The first-order valence-electron chi connectivity index (χ1n) is 7.39. The van der Waals surface area contributed by atoms with Gasteiger partial charge in [0.05, 0.1) is 11.0 Å². The second-order valence-corrected chi connectivity index (χ2v) is 5.95. The number of benzene rings is 1. The molecule has 0 heterocycles. The van der Waals surface area contributed by atoms with Crippen LogP contribution >= 0.6 is 0 Å². The first-order valence-corrected chi connectivity index (χ1v) is 7.39. The lowest BCUT2D eigenvalue weighted by atomic mass is 9.91. The lowest BCUT2D eigenvalue weighted by Crippen LogP contribution is -2.27. The predicted molar refractivity (Wildman–Crippen MR) is 86.1 cm³/mol. The lowest BCUT2D eigenvalue weighted by Gasteiger charge is -2.20. The van der Waals surface area contributed by atoms with E-state index in [1.807, 2.05) is 51.9 Å². The number of hydrogen-bond donors (Lipinski definition) is 0. The molecule has 0 atom stereocenters. The number of ether oxygens (including phenoxy) is 2. The van der Waals surface area contributed by atoms with Gasteiger partial charge in [-0.1, -0.05) is 6.92 Å². The molecule has 0 aliphatic carbocycles. The van der Waals surface area contributed by atoms with Crippen molar-refractivity contribution in [1.29, 1.82) is 0 Å². The van der Waals surface area contributed by atoms with E-state index in [1.54, 1.807) is 12.1 Å². The Kier molecular flexibility index (Phi) is 6.40. The monoisotopic (exact) mass is 307 g/mol. The highest BCUT2D eigenvalue weighted by Crippen LogP contribution is 2.21. The zero-order valence-electron chi connectivity index (χ0n) is 14.0. The molecule has 0 radical (unpaired) electrons. The molecule has 0 amide bonds. The summed E-state index contributed by atoms with van der Waals surface area (Å²) in [6.07, 6.45) is 0.698. The van der Waals surface area contributed by atoms with Crippen molar-refractivity contribution in [2.45, 2.75) is 27.2 Å². The number of anilines is 1. The Balaban J connectivity index is 2.39. The molecule has 0 fully saturated rings. The van der Waals surface area contributed by atoms with E-state index in [0.29, 0.717) is 12.0 Å². The maximum Gasteiger partial charge on any atom is 0.338 e. The number of rotatable bonds is 7. The van der Waals surface area contributed by atoms with Gasteiger partial charge in [0, 0.05) is 19.8 Å². The van der Waals surface area contributed by atoms with Gasteiger partial charge in [-0.2, -0.15) is 0 Å². The predicted octanol–water partition coefficient (Wildman–Crippen LogP) is 2.89. The second kappa shape index (κ2) is 7.82. The summed E-state index contributed by atoms with van der Waals surface area (Å²) in [5.41, 5.74) is 0.976. The van der Waals surface area contributed by atoms with Gasteiger partial charge >= 0.3 is 11.9 Å². The molecule has 122 valence electrons. The van der Waals surface area contributed by atoms with Crippen molar-refractivity contribution in [2.24, 2.45) is 5.41 Å². The summed E-state index contributed by atoms with van der Waals surface area (Å²) < 4.78 is 10.2. The molecule has 0 saturated carbocycles. The summed E-state index contributed by atoms with van der Waals surface area (Å²) in [7, 11) is 3.86. The molecule has 5 heteroatoms. The third kappa shape index (κ3) is 5.06. The van der Waals surface area contributed by atoms with Gasteiger partial charge in [0.2, 0.25) is 0 Å². The van der Waals surface area contributed by atoms with E-state index in [-0.39, 0.29) is 19.2 Å². The SMILES string of the molecule is CCC(C)(C)C(=O)OCCOC(=O)c1ccc(N(C)C)cc1. The van der Waals surface area contributed by atoms with Gasteiger partial charge in [0.25, 0.3) is 0 Å². The highest BCUT2D eigenvalue weighted by molar-refractivity contribution is 5.89. The first-order chi connectivity index (χ1) is 10.3. The maximum atomic E-state index is 11.8. The Labute approximate surface area is 132 Å². The third-order valence-electron chi connectivity index (χ3n) is 3.61. The van der Waals surface area contributed by atoms with Gasteiger partial charge in [-0.25, -0.2) is 4.79 Å². The largest absolute Gasteiger partial charge is 0.462 e. The van der Waals surface area contributed by atoms with Crippen molar-refractivity contribution in [3.05, 3.63) is 29.8 Å². The van der Waals surface area contributed by atoms with Crippen molar-refractivity contribution in [3.8, 4) is 0 Å². The van der Waals surface area contributed by atoms with Crippen molar-refractivity contribution in [3.63, 3.8) is 0 Å². The van der Waals surface area contributed by atoms with Gasteiger partial charge in [0.15, 0.2) is 0 Å². The van der Waals surface area contributed by atoms with Crippen LogP contribution in [0.15, 0.2) is 24.3 Å². The average molecular weight is 307 g/mol. The summed E-state index contributed by atoms with van der Waals surface area (Å²) in [4.78, 5) is 25.5. The second-order valence-electron chi connectivity index (χ2n) is 5.95. The van der Waals surface area contributed by atoms with Crippen molar-refractivity contribution in [1.82, 2.24) is 0 Å². The number of hydrogen-bond acceptors (Lipinski definition) is 5. The minimum absolute atomic E-state index is 0.0554. The Morgan fingerprint density at radius 3 is 2.09 bits per heavy atom. The van der Waals surface area contributed by atoms with E-state index >= 15 is 0 Å². The Morgan fingerprint density at radius 2 is 1.59 bits per heavy atom. The summed E-state index contributed by atoms with van der Waals surface area (Å²) in [5, 5.41) is 0. The maximum absolute atomic E-state index is 11.8. The highest BCUT2D eigenvalue weighted by Gasteiger charge is 2.26. The van der Waals surface area contributed by atoms with Crippen molar-refractivity contribution in [2.75, 3.05) is 32.2 Å². The molecule has 0 unspecified atom stereocenters. The minimum atomic E-state index is -0.508. The third-order valence-corrected chi connectivity index (χ3v) is 3.61. The fourth-order valence-electron chi connectivity index (χ4n) is 1.59. The summed E-state index contributed by atoms with van der Waals surface area (Å²) in [5.74, 6) is -0.697. The van der Waals surface area contributed by atoms with Crippen LogP contribution in [0.25, 0.3) is 0 Å². The fourth-order valence-corrected chi connectivity index (χ4v) is 1.59. The standard InChI is InChI=1S/C17H25NO4/c1-6-17(2,3)16(20)22-12-11-21-15(19)13-7-9-14(10-8-13)18(4)5/h7-10H,6,11-12H2,1-5H3. The van der Waals surface area contributed by atoms with Crippen LogP contribution in [-0.2, 0) is 14.3 Å². The molecule has 22 heavy (non-hydrogen) atoms. The van der Waals surface area contributed by atoms with Gasteiger partial charge in [-0.15, -0.1) is 0 Å². The van der Waals surface area contributed by atoms with Gasteiger partial charge < -0.3 is 14.4 Å². The van der Waals surface area contributed by atoms with Crippen molar-refractivity contribution < 1.29 is 19.1 Å². The molecule has 1 aromatic rings. The normalized spacial score (nSPS) is 11.0. The summed E-state index contributed by atoms with van der Waals surface area (Å²) in [6.45, 7) is 5.71. The lowest BCUT2D eigenvalue weighted by molar-refractivity contribution is -0.155. The fraction of sp³-hybridized carbons (Fsp3) is 0.529. The number of nitrogens with zero attached hydrogens (tertiary/aromatic N) is 1. The van der Waals surface area contributed by atoms with Crippen LogP contribution in [0, 0.1) is 5.41 Å². The molecule has 0 aromatic heterocycles. The molecule has 5 nitrogen and oxygen atoms in total. The Morgan fingerprint density at radius 1 is 1.05 bits per heavy atom. The van der Waals surface area contributed by atoms with Crippen LogP contribution in [0.2, 0.25) is 0 Å². The molecular weight excluding hydrogens is 282 g/mol. The molecule has 0 saturated heterocycles. The quantitative estimate of drug-likeness (QED) is 0.572. The van der Waals surface area contributed by atoms with Crippen LogP contribution < -0.4 is 4.90 Å². The van der Waals surface area contributed by atoms with Crippen LogP contribution in [-0.4, -0.2) is 39.2 Å². The van der Waals surface area contributed by atoms with E-state index in [2.05, 4.69) is 0 Å². The number of carbonyl (C=O) groups excluding carboxylic acids is 2. The molecule has 0 aliphatic heterocycles. The minimum Gasteiger partial charge on any atom is -0.462 e. The van der Waals surface area contributed by atoms with Crippen LogP contribution in [0.4, 0.5) is 5.69 Å². The smallest absolute Gasteiger partial charge is 0.338 e. The number of esters is 2. The van der Waals surface area contributed by atoms with Crippen LogP contribution in [0.1, 0.15) is 37.6 Å². The van der Waals surface area contributed by atoms with Gasteiger partial charge in [-0.05, 0) is 44.5 Å². The Hall–Kier alpha value is -2.04. The molecule has 0 bridgehead atoms. The topological polar surface area (TPSA) is 55.8 Å². The zero-order chi connectivity index (χ0) is 16.8. The average Bonchev–Trinajstić information content (AvgIpc) is 2.51. The summed E-state index contributed by atoms with van der Waals surface area (Å²) >= 11 is 0. The highest BCUT2D eigenvalue weighted by atomic mass is 16.6. The molecule has 1 rings (SSSR count). The van der Waals surface area contributed by atoms with E-state index < -0.39 is 11.4 Å². The van der Waals surface area contributed by atoms with Crippen LogP contribution in [0.5, 0.6) is 0 Å². The number of carbonyl (C=O) groups is 2. The first kappa shape index (κ1) is 18.0. The van der Waals surface area contributed by atoms with E-state index in [9.17, 15) is 9.59 Å². The van der Waals surface area contributed by atoms with E-state index in [1.165, 1.54) is 0 Å². The molecule has 0 aliphatic rings. The molecule has 0 spiro atoms. The van der Waals surface area contributed by atoms with E-state index in [0.717, 1.165) is 5.69 Å². The Bertz CT molecular complexity index is 506. The van der Waals surface area contributed by atoms with Crippen molar-refractivity contribution >= 4 is 17.6 Å². The summed E-state index contributed by atoms with van der Waals surface area (Å²) in [6, 6.07) is 7.12. The van der Waals surface area contributed by atoms with E-state index in [4.69, 9.17) is 9.47 Å². The molecule has 0 N–H and O–H groups in total. The van der Waals surface area contributed by atoms with Gasteiger partial charge in [0.1, 0.15) is 13.2 Å². The van der Waals surface area contributed by atoms with Crippen LogP contribution in [0.3, 0.4) is 0 Å².